The highest BCUT2D eigenvalue weighted by molar-refractivity contribution is 6.42. The van der Waals surface area contributed by atoms with Gasteiger partial charge in [-0.3, -0.25) is 4.79 Å². The van der Waals surface area contributed by atoms with Gasteiger partial charge in [0.2, 0.25) is 5.91 Å². The van der Waals surface area contributed by atoms with Crippen LogP contribution in [0.1, 0.15) is 40.3 Å². The number of hydrogen-bond acceptors (Lipinski definition) is 4. The van der Waals surface area contributed by atoms with E-state index in [0.29, 0.717) is 33.0 Å². The average molecular weight is 532 g/mol. The van der Waals surface area contributed by atoms with E-state index in [0.717, 1.165) is 5.69 Å². The number of nitrogens with zero attached hydrogens (tertiary/aromatic N) is 3. The number of rotatable bonds is 7. The van der Waals surface area contributed by atoms with Gasteiger partial charge in [0.25, 0.3) is 0 Å². The standard InChI is InChI=1S/C26H31Cl2N5O3/c1-16(2)32(25(35)29-17-8-7-9-19(12-17)36-6)15-24(34)30-23-14-22(26(3,4)5)31-33(23)18-10-11-20(27)21(28)13-18/h7-14,16H,15H2,1-6H3,(H,29,35)(H,30,34). The minimum absolute atomic E-state index is 0.162. The van der Waals surface area contributed by atoms with E-state index in [4.69, 9.17) is 33.0 Å². The molecule has 2 N–H and O–H groups in total. The molecule has 0 fully saturated rings. The lowest BCUT2D eigenvalue weighted by Gasteiger charge is -2.26. The van der Waals surface area contributed by atoms with Crippen LogP contribution in [-0.4, -0.2) is 46.3 Å². The number of anilines is 2. The quantitative estimate of drug-likeness (QED) is 0.370. The molecule has 10 heteroatoms. The van der Waals surface area contributed by atoms with Gasteiger partial charge >= 0.3 is 6.03 Å². The Kier molecular flexibility index (Phi) is 8.53. The zero-order valence-corrected chi connectivity index (χ0v) is 22.7. The summed E-state index contributed by atoms with van der Waals surface area (Å²) < 4.78 is 6.82. The van der Waals surface area contributed by atoms with Crippen molar-refractivity contribution in [2.24, 2.45) is 0 Å². The number of halogens is 2. The highest BCUT2D eigenvalue weighted by Crippen LogP contribution is 2.29. The molecule has 1 heterocycles. The molecule has 0 saturated heterocycles. The van der Waals surface area contributed by atoms with E-state index < -0.39 is 6.03 Å². The summed E-state index contributed by atoms with van der Waals surface area (Å²) >= 11 is 12.3. The molecule has 3 amide bonds. The number of ether oxygens (including phenoxy) is 1. The van der Waals surface area contributed by atoms with Crippen molar-refractivity contribution in [2.75, 3.05) is 24.3 Å². The number of urea groups is 1. The second kappa shape index (κ2) is 11.2. The average Bonchev–Trinajstić information content (AvgIpc) is 3.23. The molecule has 0 atom stereocenters. The molecular weight excluding hydrogens is 501 g/mol. The van der Waals surface area contributed by atoms with E-state index >= 15 is 0 Å². The van der Waals surface area contributed by atoms with Crippen LogP contribution in [0.2, 0.25) is 10.0 Å². The third kappa shape index (κ3) is 6.71. The summed E-state index contributed by atoms with van der Waals surface area (Å²) in [5.74, 6) is 0.707. The van der Waals surface area contributed by atoms with Gasteiger partial charge in [0.1, 0.15) is 18.1 Å². The van der Waals surface area contributed by atoms with Crippen LogP contribution in [0.3, 0.4) is 0 Å². The Morgan fingerprint density at radius 3 is 2.39 bits per heavy atom. The molecule has 1 aromatic heterocycles. The monoisotopic (exact) mass is 531 g/mol. The normalized spacial score (nSPS) is 11.4. The fourth-order valence-corrected chi connectivity index (χ4v) is 3.66. The maximum absolute atomic E-state index is 13.1. The number of aromatic nitrogens is 2. The third-order valence-corrected chi connectivity index (χ3v) is 6.15. The molecule has 0 aliphatic rings. The Balaban J connectivity index is 1.82. The Morgan fingerprint density at radius 1 is 1.06 bits per heavy atom. The van der Waals surface area contributed by atoms with Gasteiger partial charge in [-0.2, -0.15) is 5.10 Å². The summed E-state index contributed by atoms with van der Waals surface area (Å²) in [6.07, 6.45) is 0. The van der Waals surface area contributed by atoms with Gasteiger partial charge in [0.15, 0.2) is 0 Å². The molecule has 0 unspecified atom stereocenters. The lowest BCUT2D eigenvalue weighted by Crippen LogP contribution is -2.44. The summed E-state index contributed by atoms with van der Waals surface area (Å²) in [6, 6.07) is 13.3. The van der Waals surface area contributed by atoms with Gasteiger partial charge in [0.05, 0.1) is 28.5 Å². The summed E-state index contributed by atoms with van der Waals surface area (Å²) in [7, 11) is 1.56. The predicted molar refractivity (Wildman–Crippen MR) is 145 cm³/mol. The van der Waals surface area contributed by atoms with E-state index in [1.54, 1.807) is 54.3 Å². The lowest BCUT2D eigenvalue weighted by atomic mass is 9.92. The first-order valence-electron chi connectivity index (χ1n) is 11.5. The van der Waals surface area contributed by atoms with Crippen LogP contribution in [0.15, 0.2) is 48.5 Å². The molecule has 0 bridgehead atoms. The summed E-state index contributed by atoms with van der Waals surface area (Å²) in [4.78, 5) is 27.5. The van der Waals surface area contributed by atoms with Gasteiger partial charge in [-0.25, -0.2) is 9.48 Å². The first-order chi connectivity index (χ1) is 16.9. The Morgan fingerprint density at radius 2 is 1.78 bits per heavy atom. The Labute approximate surface area is 221 Å². The van der Waals surface area contributed by atoms with Crippen molar-refractivity contribution in [3.05, 3.63) is 64.3 Å². The van der Waals surface area contributed by atoms with Gasteiger partial charge in [-0.15, -0.1) is 0 Å². The van der Waals surface area contributed by atoms with E-state index in [-0.39, 0.29) is 23.9 Å². The molecule has 0 radical (unpaired) electrons. The number of amides is 3. The molecule has 3 aromatic rings. The topological polar surface area (TPSA) is 88.5 Å². The van der Waals surface area contributed by atoms with E-state index in [2.05, 4.69) is 10.6 Å². The number of methoxy groups -OCH3 is 1. The Bertz CT molecular complexity index is 1250. The van der Waals surface area contributed by atoms with E-state index in [1.807, 2.05) is 40.7 Å². The maximum atomic E-state index is 13.1. The molecule has 8 nitrogen and oxygen atoms in total. The SMILES string of the molecule is COc1cccc(NC(=O)N(CC(=O)Nc2cc(C(C)(C)C)nn2-c2ccc(Cl)c(Cl)c2)C(C)C)c1. The third-order valence-electron chi connectivity index (χ3n) is 5.41. The molecule has 3 rings (SSSR count). The van der Waals surface area contributed by atoms with Crippen LogP contribution in [0.4, 0.5) is 16.3 Å². The van der Waals surface area contributed by atoms with Gasteiger partial charge in [-0.05, 0) is 44.2 Å². The molecule has 0 aliphatic carbocycles. The van der Waals surface area contributed by atoms with Crippen molar-refractivity contribution in [1.82, 2.24) is 14.7 Å². The number of benzene rings is 2. The second-order valence-corrected chi connectivity index (χ2v) is 10.4. The van der Waals surface area contributed by atoms with Crippen molar-refractivity contribution in [2.45, 2.75) is 46.1 Å². The zero-order valence-electron chi connectivity index (χ0n) is 21.2. The number of carbonyl (C=O) groups excluding carboxylic acids is 2. The minimum atomic E-state index is -0.401. The molecule has 0 aliphatic heterocycles. The smallest absolute Gasteiger partial charge is 0.322 e. The first-order valence-corrected chi connectivity index (χ1v) is 12.2. The summed E-state index contributed by atoms with van der Waals surface area (Å²) in [5.41, 5.74) is 1.73. The van der Waals surface area contributed by atoms with Crippen LogP contribution < -0.4 is 15.4 Å². The van der Waals surface area contributed by atoms with E-state index in [1.165, 1.54) is 4.90 Å². The number of carbonyl (C=O) groups is 2. The molecule has 0 spiro atoms. The molecular formula is C26H31Cl2N5O3. The number of hydrogen-bond donors (Lipinski definition) is 2. The maximum Gasteiger partial charge on any atom is 0.322 e. The van der Waals surface area contributed by atoms with Crippen molar-refractivity contribution in [3.63, 3.8) is 0 Å². The molecule has 36 heavy (non-hydrogen) atoms. The van der Waals surface area contributed by atoms with Gasteiger partial charge < -0.3 is 20.3 Å². The fraction of sp³-hybridized carbons (Fsp3) is 0.346. The van der Waals surface area contributed by atoms with Gasteiger partial charge in [-0.1, -0.05) is 50.0 Å². The van der Waals surface area contributed by atoms with Crippen molar-refractivity contribution >= 4 is 46.6 Å². The van der Waals surface area contributed by atoms with Crippen molar-refractivity contribution in [1.29, 1.82) is 0 Å². The van der Waals surface area contributed by atoms with Crippen LogP contribution >= 0.6 is 23.2 Å². The predicted octanol–water partition coefficient (Wildman–Crippen LogP) is 6.37. The molecule has 192 valence electrons. The molecule has 2 aromatic carbocycles. The summed E-state index contributed by atoms with van der Waals surface area (Å²) in [5, 5.41) is 11.2. The Hall–Kier alpha value is -3.23. The molecule has 0 saturated carbocycles. The highest BCUT2D eigenvalue weighted by atomic mass is 35.5. The lowest BCUT2D eigenvalue weighted by molar-refractivity contribution is -0.117. The zero-order chi connectivity index (χ0) is 26.6. The minimum Gasteiger partial charge on any atom is -0.497 e. The van der Waals surface area contributed by atoms with Crippen LogP contribution in [0, 0.1) is 0 Å². The second-order valence-electron chi connectivity index (χ2n) is 9.61. The highest BCUT2D eigenvalue weighted by Gasteiger charge is 2.24. The largest absolute Gasteiger partial charge is 0.497 e. The van der Waals surface area contributed by atoms with Crippen molar-refractivity contribution < 1.29 is 14.3 Å². The number of nitrogens with one attached hydrogen (secondary N) is 2. The van der Waals surface area contributed by atoms with Crippen molar-refractivity contribution in [3.8, 4) is 11.4 Å². The van der Waals surface area contributed by atoms with Gasteiger partial charge in [0, 0.05) is 29.3 Å². The van der Waals surface area contributed by atoms with Crippen LogP contribution in [0.5, 0.6) is 5.75 Å². The fourth-order valence-electron chi connectivity index (χ4n) is 3.37. The van der Waals surface area contributed by atoms with E-state index in [9.17, 15) is 9.59 Å². The first kappa shape index (κ1) is 27.4. The van der Waals surface area contributed by atoms with Crippen LogP contribution in [0.25, 0.3) is 5.69 Å². The summed E-state index contributed by atoms with van der Waals surface area (Å²) in [6.45, 7) is 9.62. The van der Waals surface area contributed by atoms with Crippen LogP contribution in [-0.2, 0) is 10.2 Å².